The van der Waals surface area contributed by atoms with E-state index in [0.717, 1.165) is 61.3 Å². The Hall–Kier alpha value is -8.98. The Morgan fingerprint density at radius 3 is 1.42 bits per heavy atom. The third-order valence-corrected chi connectivity index (χ3v) is 14.2. The fraction of sp³-hybridized carbons (Fsp3) is 0.0149. The predicted octanol–water partition coefficient (Wildman–Crippen LogP) is 18.1. The molecule has 0 bridgehead atoms. The van der Waals surface area contributed by atoms with E-state index in [9.17, 15) is 0 Å². The number of fused-ring (bicyclic) bond motifs is 6. The van der Waals surface area contributed by atoms with Gasteiger partial charge in [0, 0.05) is 27.7 Å². The summed E-state index contributed by atoms with van der Waals surface area (Å²) in [5.74, 6) is 0. The fourth-order valence-corrected chi connectivity index (χ4v) is 10.9. The first-order chi connectivity index (χ1) is 34.2. The Bertz CT molecular complexity index is 3760. The van der Waals surface area contributed by atoms with Gasteiger partial charge >= 0.3 is 0 Å². The minimum absolute atomic E-state index is 0.605. The van der Waals surface area contributed by atoms with E-state index in [2.05, 4.69) is 266 Å². The molecule has 69 heavy (non-hydrogen) atoms. The smallest absolute Gasteiger partial charge is 0.135 e. The molecule has 13 rings (SSSR count). The summed E-state index contributed by atoms with van der Waals surface area (Å²) in [4.78, 5) is 2.45. The maximum atomic E-state index is 6.21. The van der Waals surface area contributed by atoms with Crippen LogP contribution in [0, 0.1) is 0 Å². The molecule has 2 heteroatoms. The van der Waals surface area contributed by atoms with Crippen molar-refractivity contribution in [3.05, 3.63) is 295 Å². The molecular formula is C67H45NO. The molecule has 1 aliphatic carbocycles. The van der Waals surface area contributed by atoms with Gasteiger partial charge in [-0.05, 0) is 127 Å². The second-order valence-corrected chi connectivity index (χ2v) is 18.0. The average Bonchev–Trinajstić information content (AvgIpc) is 3.95. The first-order valence-electron chi connectivity index (χ1n) is 23.7. The fourth-order valence-electron chi connectivity index (χ4n) is 10.9. The molecule has 0 saturated heterocycles. The number of nitrogens with zero attached hydrogens (tertiary/aromatic N) is 1. The highest BCUT2D eigenvalue weighted by atomic mass is 16.3. The van der Waals surface area contributed by atoms with Crippen LogP contribution in [0.4, 0.5) is 17.1 Å². The van der Waals surface area contributed by atoms with E-state index in [-0.39, 0.29) is 0 Å². The SMILES string of the molecule is c1ccc(-c2ccc(-c3ccccc3N(c3ccc(-c4ccc5oc6ccccc6c5c4)cc3)c3ccc4c(c3)C(c3ccccc3)(c3ccccc3)c3cc(-c5ccccc5)ccc3-4)cc2)cc1. The molecule has 0 amide bonds. The Kier molecular flexibility index (Phi) is 9.77. The summed E-state index contributed by atoms with van der Waals surface area (Å²) in [5, 5.41) is 2.25. The largest absolute Gasteiger partial charge is 0.456 e. The van der Waals surface area contributed by atoms with Crippen LogP contribution in [-0.2, 0) is 5.41 Å². The van der Waals surface area contributed by atoms with Gasteiger partial charge in [-0.25, -0.2) is 0 Å². The minimum atomic E-state index is -0.605. The number of hydrogen-bond acceptors (Lipinski definition) is 2. The number of para-hydroxylation sites is 2. The lowest BCUT2D eigenvalue weighted by Crippen LogP contribution is -2.28. The Morgan fingerprint density at radius 1 is 0.275 bits per heavy atom. The monoisotopic (exact) mass is 879 g/mol. The van der Waals surface area contributed by atoms with Crippen LogP contribution in [0.15, 0.2) is 277 Å². The van der Waals surface area contributed by atoms with E-state index < -0.39 is 5.41 Å². The highest BCUT2D eigenvalue weighted by Gasteiger charge is 2.46. The van der Waals surface area contributed by atoms with E-state index >= 15 is 0 Å². The van der Waals surface area contributed by atoms with Crippen LogP contribution in [0.25, 0.3) is 77.6 Å². The van der Waals surface area contributed by atoms with Crippen molar-refractivity contribution in [1.82, 2.24) is 0 Å². The van der Waals surface area contributed by atoms with Crippen molar-refractivity contribution in [2.45, 2.75) is 5.41 Å². The third kappa shape index (κ3) is 6.80. The summed E-state index contributed by atoms with van der Waals surface area (Å²) in [6, 6.07) is 99.5. The summed E-state index contributed by atoms with van der Waals surface area (Å²) in [6.07, 6.45) is 0. The van der Waals surface area contributed by atoms with E-state index in [4.69, 9.17) is 4.42 Å². The van der Waals surface area contributed by atoms with Gasteiger partial charge in [0.05, 0.1) is 11.1 Å². The Balaban J connectivity index is 1.01. The standard InChI is InChI=1S/C67H45NO/c1-5-17-46(18-6-1)48-29-31-50(32-30-48)57-25-13-15-27-64(57)68(55-37-33-49(34-38-55)51-36-42-66-61(43-51)60-26-14-16-28-65(60)69-66)56-39-41-59-58-40-35-52(47-19-7-2-8-20-47)44-62(58)67(63(59)45-56,53-21-9-3-10-22-53)54-23-11-4-12-24-54/h1-45H. The zero-order valence-electron chi connectivity index (χ0n) is 37.8. The third-order valence-electron chi connectivity index (χ3n) is 14.2. The van der Waals surface area contributed by atoms with Gasteiger partial charge in [0.2, 0.25) is 0 Å². The number of anilines is 3. The summed E-state index contributed by atoms with van der Waals surface area (Å²) >= 11 is 0. The van der Waals surface area contributed by atoms with Gasteiger partial charge in [-0.15, -0.1) is 0 Å². The molecule has 0 spiro atoms. The van der Waals surface area contributed by atoms with Crippen molar-refractivity contribution in [2.75, 3.05) is 4.90 Å². The van der Waals surface area contributed by atoms with Crippen LogP contribution >= 0.6 is 0 Å². The van der Waals surface area contributed by atoms with Gasteiger partial charge < -0.3 is 9.32 Å². The van der Waals surface area contributed by atoms with Crippen LogP contribution in [0.1, 0.15) is 22.3 Å². The molecule has 0 fully saturated rings. The molecule has 0 unspecified atom stereocenters. The average molecular weight is 880 g/mol. The van der Waals surface area contributed by atoms with Crippen LogP contribution < -0.4 is 4.90 Å². The highest BCUT2D eigenvalue weighted by Crippen LogP contribution is 2.58. The van der Waals surface area contributed by atoms with Crippen molar-refractivity contribution in [3.8, 4) is 55.6 Å². The Morgan fingerprint density at radius 2 is 0.725 bits per heavy atom. The topological polar surface area (TPSA) is 16.4 Å². The molecule has 1 aliphatic rings. The van der Waals surface area contributed by atoms with Crippen LogP contribution in [0.3, 0.4) is 0 Å². The first-order valence-corrected chi connectivity index (χ1v) is 23.7. The van der Waals surface area contributed by atoms with E-state index in [0.29, 0.717) is 0 Å². The molecule has 1 aromatic heterocycles. The number of rotatable bonds is 9. The normalized spacial score (nSPS) is 12.5. The van der Waals surface area contributed by atoms with Crippen molar-refractivity contribution >= 4 is 39.0 Å². The first kappa shape index (κ1) is 40.3. The summed E-state index contributed by atoms with van der Waals surface area (Å²) in [5.41, 5.74) is 21.3. The minimum Gasteiger partial charge on any atom is -0.456 e. The van der Waals surface area contributed by atoms with Gasteiger partial charge in [0.15, 0.2) is 0 Å². The van der Waals surface area contributed by atoms with Gasteiger partial charge in [0.25, 0.3) is 0 Å². The molecule has 11 aromatic carbocycles. The zero-order chi connectivity index (χ0) is 45.7. The summed E-state index contributed by atoms with van der Waals surface area (Å²) in [6.45, 7) is 0. The molecule has 0 radical (unpaired) electrons. The molecule has 0 N–H and O–H groups in total. The van der Waals surface area contributed by atoms with Crippen molar-refractivity contribution in [1.29, 1.82) is 0 Å². The molecule has 0 aliphatic heterocycles. The maximum absolute atomic E-state index is 6.21. The lowest BCUT2D eigenvalue weighted by molar-refractivity contribution is 0.669. The van der Waals surface area contributed by atoms with Crippen molar-refractivity contribution < 1.29 is 4.42 Å². The van der Waals surface area contributed by atoms with Crippen molar-refractivity contribution in [3.63, 3.8) is 0 Å². The lowest BCUT2D eigenvalue weighted by atomic mass is 9.67. The summed E-state index contributed by atoms with van der Waals surface area (Å²) in [7, 11) is 0. The van der Waals surface area contributed by atoms with Gasteiger partial charge in [-0.3, -0.25) is 0 Å². The van der Waals surface area contributed by atoms with E-state index in [1.165, 1.54) is 55.6 Å². The van der Waals surface area contributed by atoms with E-state index in [1.54, 1.807) is 0 Å². The molecule has 0 saturated carbocycles. The number of furan rings is 1. The maximum Gasteiger partial charge on any atom is 0.135 e. The molecule has 2 nitrogen and oxygen atoms in total. The molecule has 0 atom stereocenters. The second kappa shape index (κ2) is 16.7. The highest BCUT2D eigenvalue weighted by molar-refractivity contribution is 6.06. The Labute approximate surface area is 402 Å². The van der Waals surface area contributed by atoms with Gasteiger partial charge in [0.1, 0.15) is 11.2 Å². The second-order valence-electron chi connectivity index (χ2n) is 18.0. The number of benzene rings is 11. The van der Waals surface area contributed by atoms with Gasteiger partial charge in [-0.1, -0.05) is 218 Å². The molecule has 12 aromatic rings. The quantitative estimate of drug-likeness (QED) is 0.144. The van der Waals surface area contributed by atoms with Crippen LogP contribution in [0.5, 0.6) is 0 Å². The lowest BCUT2D eigenvalue weighted by Gasteiger charge is -2.35. The zero-order valence-corrected chi connectivity index (χ0v) is 37.8. The summed E-state index contributed by atoms with van der Waals surface area (Å²) < 4.78 is 6.21. The molecule has 1 heterocycles. The van der Waals surface area contributed by atoms with Gasteiger partial charge in [-0.2, -0.15) is 0 Å². The van der Waals surface area contributed by atoms with Crippen molar-refractivity contribution in [2.24, 2.45) is 0 Å². The molecule has 324 valence electrons. The predicted molar refractivity (Wildman–Crippen MR) is 287 cm³/mol. The van der Waals surface area contributed by atoms with E-state index in [1.807, 2.05) is 12.1 Å². The molecular weight excluding hydrogens is 835 g/mol. The van der Waals surface area contributed by atoms with Crippen LogP contribution in [-0.4, -0.2) is 0 Å². The number of hydrogen-bond donors (Lipinski definition) is 0. The van der Waals surface area contributed by atoms with Crippen LogP contribution in [0.2, 0.25) is 0 Å².